The molecule has 0 aromatic heterocycles. The molecule has 1 heterocycles. The number of hydrogen-bond donors (Lipinski definition) is 0. The molecule has 1 aliphatic rings. The Hall–Kier alpha value is -3.35. The number of esters is 1. The van der Waals surface area contributed by atoms with Gasteiger partial charge >= 0.3 is 5.97 Å². The van der Waals surface area contributed by atoms with E-state index in [0.717, 1.165) is 67.8 Å². The summed E-state index contributed by atoms with van der Waals surface area (Å²) < 4.78 is 29.5. The quantitative estimate of drug-likeness (QED) is 0.0911. The summed E-state index contributed by atoms with van der Waals surface area (Å²) in [5, 5.41) is 0. The number of ether oxygens (including phenoxy) is 5. The van der Waals surface area contributed by atoms with E-state index in [-0.39, 0.29) is 12.4 Å². The molecule has 0 aliphatic carbocycles. The van der Waals surface area contributed by atoms with Gasteiger partial charge in [0.1, 0.15) is 23.4 Å². The van der Waals surface area contributed by atoms with Crippen molar-refractivity contribution >= 4 is 5.97 Å². The third-order valence-corrected chi connectivity index (χ3v) is 7.47. The summed E-state index contributed by atoms with van der Waals surface area (Å²) in [7, 11) is 0. The highest BCUT2D eigenvalue weighted by atomic mass is 16.7. The zero-order valence-corrected chi connectivity index (χ0v) is 25.2. The van der Waals surface area contributed by atoms with Crippen molar-refractivity contribution in [1.82, 2.24) is 0 Å². The van der Waals surface area contributed by atoms with Gasteiger partial charge in [-0.3, -0.25) is 0 Å². The van der Waals surface area contributed by atoms with Gasteiger partial charge in [0.15, 0.2) is 6.29 Å². The van der Waals surface area contributed by atoms with Gasteiger partial charge in [-0.05, 0) is 87.1 Å². The molecule has 1 aliphatic heterocycles. The first-order valence-corrected chi connectivity index (χ1v) is 15.7. The van der Waals surface area contributed by atoms with E-state index < -0.39 is 5.97 Å². The number of unbranched alkanes of at least 4 members (excludes halogenated alkanes) is 4. The van der Waals surface area contributed by atoms with Crippen molar-refractivity contribution in [3.63, 3.8) is 0 Å². The fourth-order valence-electron chi connectivity index (χ4n) is 5.12. The van der Waals surface area contributed by atoms with Crippen LogP contribution in [0.4, 0.5) is 0 Å². The molecule has 2 atom stereocenters. The van der Waals surface area contributed by atoms with Gasteiger partial charge in [-0.25, -0.2) is 4.79 Å². The lowest BCUT2D eigenvalue weighted by Gasteiger charge is -2.24. The van der Waals surface area contributed by atoms with Gasteiger partial charge in [0.2, 0.25) is 0 Å². The summed E-state index contributed by atoms with van der Waals surface area (Å²) in [5.74, 6) is 1.65. The second-order valence-electron chi connectivity index (χ2n) is 10.8. The maximum atomic E-state index is 13.1. The van der Waals surface area contributed by atoms with E-state index in [2.05, 4.69) is 6.92 Å². The molecule has 2 unspecified atom stereocenters. The standard InChI is InChI=1S/C36H46O6/c1-3-5-6-7-8-13-31(25-27-40-35-16-11-12-26-39-35)41-32-23-19-29(20-24-32)36(37)42-34-15-10-9-14-33(34)28-17-21-30(22-18-28)38-4-2/h9-10,14-15,17-24,31,35H,3-8,11-13,16,25-27H2,1-2H3. The first-order valence-electron chi connectivity index (χ1n) is 15.7. The minimum atomic E-state index is -0.409. The number of benzene rings is 3. The maximum absolute atomic E-state index is 13.1. The molecule has 3 aromatic rings. The Balaban J connectivity index is 1.34. The van der Waals surface area contributed by atoms with Crippen molar-refractivity contribution < 1.29 is 28.5 Å². The minimum Gasteiger partial charge on any atom is -0.494 e. The lowest BCUT2D eigenvalue weighted by atomic mass is 10.0. The molecule has 0 spiro atoms. The summed E-state index contributed by atoms with van der Waals surface area (Å²) in [4.78, 5) is 13.1. The first-order chi connectivity index (χ1) is 20.7. The van der Waals surface area contributed by atoms with E-state index in [1.807, 2.05) is 67.6 Å². The second kappa shape index (κ2) is 17.6. The van der Waals surface area contributed by atoms with Crippen molar-refractivity contribution in [2.45, 2.75) is 90.4 Å². The van der Waals surface area contributed by atoms with Crippen LogP contribution < -0.4 is 14.2 Å². The average molecular weight is 575 g/mol. The van der Waals surface area contributed by atoms with E-state index >= 15 is 0 Å². The minimum absolute atomic E-state index is 0.0500. The smallest absolute Gasteiger partial charge is 0.343 e. The number of rotatable bonds is 17. The molecule has 6 heteroatoms. The third kappa shape index (κ3) is 10.2. The SMILES string of the molecule is CCCCCCCC(CCOC1CCCCO1)Oc1ccc(C(=O)Oc2ccccc2-c2ccc(OCC)cc2)cc1. The zero-order chi connectivity index (χ0) is 29.4. The van der Waals surface area contributed by atoms with Crippen LogP contribution in [0.2, 0.25) is 0 Å². The van der Waals surface area contributed by atoms with Gasteiger partial charge in [-0.2, -0.15) is 0 Å². The Labute approximate surface area is 251 Å². The van der Waals surface area contributed by atoms with Gasteiger partial charge in [0.05, 0.1) is 18.8 Å². The molecule has 0 amide bonds. The van der Waals surface area contributed by atoms with Gasteiger partial charge in [0, 0.05) is 18.6 Å². The van der Waals surface area contributed by atoms with E-state index in [9.17, 15) is 4.79 Å². The van der Waals surface area contributed by atoms with Crippen LogP contribution in [-0.4, -0.2) is 38.2 Å². The number of carbonyl (C=O) groups excluding carboxylic acids is 1. The van der Waals surface area contributed by atoms with Crippen LogP contribution in [0.25, 0.3) is 11.1 Å². The Morgan fingerprint density at radius 2 is 1.62 bits per heavy atom. The molecule has 0 bridgehead atoms. The molecule has 4 rings (SSSR count). The van der Waals surface area contributed by atoms with Crippen molar-refractivity contribution in [2.24, 2.45) is 0 Å². The summed E-state index contributed by atoms with van der Waals surface area (Å²) in [6.45, 7) is 6.20. The number of carbonyl (C=O) groups is 1. The third-order valence-electron chi connectivity index (χ3n) is 7.47. The van der Waals surface area contributed by atoms with Gasteiger partial charge < -0.3 is 23.7 Å². The van der Waals surface area contributed by atoms with E-state index in [0.29, 0.717) is 24.5 Å². The van der Waals surface area contributed by atoms with Crippen LogP contribution in [-0.2, 0) is 9.47 Å². The molecule has 3 aromatic carbocycles. The van der Waals surface area contributed by atoms with Crippen LogP contribution in [0.1, 0.15) is 88.4 Å². The van der Waals surface area contributed by atoms with E-state index in [4.69, 9.17) is 23.7 Å². The summed E-state index contributed by atoms with van der Waals surface area (Å²) in [5.41, 5.74) is 2.26. The Bertz CT molecular complexity index is 1180. The average Bonchev–Trinajstić information content (AvgIpc) is 3.02. The summed E-state index contributed by atoms with van der Waals surface area (Å²) in [6, 6.07) is 22.6. The van der Waals surface area contributed by atoms with Crippen molar-refractivity contribution in [2.75, 3.05) is 19.8 Å². The lowest BCUT2D eigenvalue weighted by molar-refractivity contribution is -0.165. The molecular formula is C36H46O6. The summed E-state index contributed by atoms with van der Waals surface area (Å²) >= 11 is 0. The monoisotopic (exact) mass is 574 g/mol. The molecule has 0 radical (unpaired) electrons. The Kier molecular flexibility index (Phi) is 13.2. The lowest BCUT2D eigenvalue weighted by Crippen LogP contribution is -2.25. The molecular weight excluding hydrogens is 528 g/mol. The van der Waals surface area contributed by atoms with Gasteiger partial charge in [-0.1, -0.05) is 62.9 Å². The largest absolute Gasteiger partial charge is 0.494 e. The topological polar surface area (TPSA) is 63.2 Å². The fraction of sp³-hybridized carbons (Fsp3) is 0.472. The molecule has 226 valence electrons. The van der Waals surface area contributed by atoms with E-state index in [1.165, 1.54) is 25.7 Å². The zero-order valence-electron chi connectivity index (χ0n) is 25.2. The second-order valence-corrected chi connectivity index (χ2v) is 10.8. The van der Waals surface area contributed by atoms with Crippen LogP contribution >= 0.6 is 0 Å². The molecule has 0 N–H and O–H groups in total. The van der Waals surface area contributed by atoms with Crippen LogP contribution in [0.3, 0.4) is 0 Å². The molecule has 6 nitrogen and oxygen atoms in total. The summed E-state index contributed by atoms with van der Waals surface area (Å²) in [6.07, 6.45) is 11.1. The first kappa shape index (κ1) is 31.6. The van der Waals surface area contributed by atoms with Crippen LogP contribution in [0, 0.1) is 0 Å². The highest BCUT2D eigenvalue weighted by molar-refractivity contribution is 5.92. The van der Waals surface area contributed by atoms with Crippen LogP contribution in [0.15, 0.2) is 72.8 Å². The Morgan fingerprint density at radius 1 is 0.857 bits per heavy atom. The van der Waals surface area contributed by atoms with Gasteiger partial charge in [-0.15, -0.1) is 0 Å². The Morgan fingerprint density at radius 3 is 2.36 bits per heavy atom. The van der Waals surface area contributed by atoms with Crippen molar-refractivity contribution in [3.8, 4) is 28.4 Å². The molecule has 42 heavy (non-hydrogen) atoms. The van der Waals surface area contributed by atoms with E-state index in [1.54, 1.807) is 12.1 Å². The van der Waals surface area contributed by atoms with Crippen molar-refractivity contribution in [3.05, 3.63) is 78.4 Å². The molecule has 1 saturated heterocycles. The normalized spacial score (nSPS) is 15.6. The predicted octanol–water partition coefficient (Wildman–Crippen LogP) is 9.01. The van der Waals surface area contributed by atoms with Crippen molar-refractivity contribution in [1.29, 1.82) is 0 Å². The maximum Gasteiger partial charge on any atom is 0.343 e. The van der Waals surface area contributed by atoms with Crippen LogP contribution in [0.5, 0.6) is 17.2 Å². The number of hydrogen-bond acceptors (Lipinski definition) is 6. The predicted molar refractivity (Wildman–Crippen MR) is 166 cm³/mol. The number of para-hydroxylation sites is 1. The fourth-order valence-corrected chi connectivity index (χ4v) is 5.12. The molecule has 1 fully saturated rings. The molecule has 0 saturated carbocycles. The van der Waals surface area contributed by atoms with Gasteiger partial charge in [0.25, 0.3) is 0 Å². The highest BCUT2D eigenvalue weighted by Gasteiger charge is 2.17. The highest BCUT2D eigenvalue weighted by Crippen LogP contribution is 2.32.